The molecule has 0 atom stereocenters. The topological polar surface area (TPSA) is 57.9 Å². The van der Waals surface area contributed by atoms with Crippen molar-refractivity contribution in [1.82, 2.24) is 0 Å². The van der Waals surface area contributed by atoms with E-state index in [4.69, 9.17) is 30.2 Å². The molecule has 30 heavy (non-hydrogen) atoms. The molecule has 6 heteroatoms. The fraction of sp³-hybridized carbons (Fsp3) is 0.125. The predicted molar refractivity (Wildman–Crippen MR) is 117 cm³/mol. The molecule has 5 nitrogen and oxygen atoms in total. The minimum Gasteiger partial charge on any atom is -0.497 e. The molecule has 0 N–H and O–H groups in total. The zero-order valence-corrected chi connectivity index (χ0v) is 17.2. The minimum absolute atomic E-state index is 0.357. The molecule has 0 fully saturated rings. The lowest BCUT2D eigenvalue weighted by atomic mass is 10.0. The molecule has 0 saturated carbocycles. The van der Waals surface area contributed by atoms with Crippen LogP contribution in [-0.2, 0) is 6.61 Å². The van der Waals surface area contributed by atoms with E-state index in [1.54, 1.807) is 44.6 Å². The maximum atomic E-state index is 12.7. The Bertz CT molecular complexity index is 1260. The zero-order chi connectivity index (χ0) is 21.1. The van der Waals surface area contributed by atoms with Gasteiger partial charge in [0.05, 0.1) is 19.8 Å². The molecular formula is C24H19ClO5. The highest BCUT2D eigenvalue weighted by molar-refractivity contribution is 6.30. The van der Waals surface area contributed by atoms with Crippen molar-refractivity contribution in [2.24, 2.45) is 0 Å². The van der Waals surface area contributed by atoms with Crippen LogP contribution in [0.2, 0.25) is 5.02 Å². The molecule has 0 spiro atoms. The predicted octanol–water partition coefficient (Wildman–Crippen LogP) is 5.71. The highest BCUT2D eigenvalue weighted by Crippen LogP contribution is 2.33. The first kappa shape index (κ1) is 19.9. The lowest BCUT2D eigenvalue weighted by Gasteiger charge is -2.11. The van der Waals surface area contributed by atoms with Crippen LogP contribution in [0.25, 0.3) is 22.1 Å². The summed E-state index contributed by atoms with van der Waals surface area (Å²) in [5, 5.41) is 1.42. The molecule has 1 aromatic heterocycles. The Morgan fingerprint density at radius 3 is 2.47 bits per heavy atom. The van der Waals surface area contributed by atoms with Crippen molar-refractivity contribution in [3.8, 4) is 28.4 Å². The maximum Gasteiger partial charge on any atom is 0.344 e. The first-order valence-corrected chi connectivity index (χ1v) is 9.63. The monoisotopic (exact) mass is 422 g/mol. The summed E-state index contributed by atoms with van der Waals surface area (Å²) in [4.78, 5) is 12.7. The molecule has 0 saturated heterocycles. The smallest absolute Gasteiger partial charge is 0.344 e. The summed E-state index contributed by atoms with van der Waals surface area (Å²) < 4.78 is 22.1. The quantitative estimate of drug-likeness (QED) is 0.372. The third-order valence-corrected chi connectivity index (χ3v) is 4.93. The molecule has 0 aliphatic rings. The molecule has 0 bridgehead atoms. The number of ether oxygens (including phenoxy) is 3. The summed E-state index contributed by atoms with van der Waals surface area (Å²) in [7, 11) is 3.12. The third kappa shape index (κ3) is 4.11. The number of rotatable bonds is 6. The van der Waals surface area contributed by atoms with Gasteiger partial charge in [0.15, 0.2) is 0 Å². The van der Waals surface area contributed by atoms with E-state index in [2.05, 4.69) is 0 Å². The van der Waals surface area contributed by atoms with Gasteiger partial charge in [-0.2, -0.15) is 0 Å². The van der Waals surface area contributed by atoms with Crippen LogP contribution in [0.1, 0.15) is 5.56 Å². The highest BCUT2D eigenvalue weighted by atomic mass is 35.5. The molecule has 0 unspecified atom stereocenters. The van der Waals surface area contributed by atoms with Crippen molar-refractivity contribution >= 4 is 22.6 Å². The van der Waals surface area contributed by atoms with Gasteiger partial charge >= 0.3 is 5.63 Å². The van der Waals surface area contributed by atoms with Crippen molar-refractivity contribution in [1.29, 1.82) is 0 Å². The number of halogens is 1. The van der Waals surface area contributed by atoms with Crippen molar-refractivity contribution in [2.75, 3.05) is 14.2 Å². The van der Waals surface area contributed by atoms with E-state index in [9.17, 15) is 4.79 Å². The molecule has 0 aliphatic heterocycles. The molecular weight excluding hydrogens is 404 g/mol. The van der Waals surface area contributed by atoms with Crippen molar-refractivity contribution in [2.45, 2.75) is 6.61 Å². The van der Waals surface area contributed by atoms with Crippen LogP contribution < -0.4 is 19.8 Å². The average Bonchev–Trinajstić information content (AvgIpc) is 2.76. The largest absolute Gasteiger partial charge is 0.497 e. The van der Waals surface area contributed by atoms with Gasteiger partial charge < -0.3 is 18.6 Å². The number of hydrogen-bond acceptors (Lipinski definition) is 5. The fourth-order valence-corrected chi connectivity index (χ4v) is 3.40. The van der Waals surface area contributed by atoms with E-state index in [0.29, 0.717) is 45.6 Å². The summed E-state index contributed by atoms with van der Waals surface area (Å²) in [6, 6.07) is 19.9. The van der Waals surface area contributed by atoms with Crippen LogP contribution in [-0.4, -0.2) is 14.2 Å². The van der Waals surface area contributed by atoms with Gasteiger partial charge in [-0.3, -0.25) is 0 Å². The number of hydrogen-bond donors (Lipinski definition) is 0. The molecule has 0 aliphatic carbocycles. The summed E-state index contributed by atoms with van der Waals surface area (Å²) in [6.07, 6.45) is 0. The summed E-state index contributed by atoms with van der Waals surface area (Å²) in [5.74, 6) is 1.77. The Morgan fingerprint density at radius 1 is 0.867 bits per heavy atom. The zero-order valence-electron chi connectivity index (χ0n) is 16.5. The van der Waals surface area contributed by atoms with E-state index in [-0.39, 0.29) is 0 Å². The van der Waals surface area contributed by atoms with Crippen LogP contribution in [0.3, 0.4) is 0 Å². The molecule has 3 aromatic carbocycles. The van der Waals surface area contributed by atoms with Gasteiger partial charge in [-0.1, -0.05) is 23.7 Å². The van der Waals surface area contributed by atoms with Crippen LogP contribution in [0.5, 0.6) is 17.2 Å². The van der Waals surface area contributed by atoms with E-state index in [1.807, 2.05) is 36.4 Å². The molecule has 1 heterocycles. The molecule has 0 radical (unpaired) electrons. The van der Waals surface area contributed by atoms with Gasteiger partial charge in [-0.15, -0.1) is 0 Å². The molecule has 4 rings (SSSR count). The molecule has 4 aromatic rings. The number of methoxy groups -OCH3 is 2. The SMILES string of the molecule is COc1ccc(OC)c(-c2cc3ccc(OCc4cccc(Cl)c4)cc3oc2=O)c1. The lowest BCUT2D eigenvalue weighted by molar-refractivity contribution is 0.306. The summed E-state index contributed by atoms with van der Waals surface area (Å²) in [6.45, 7) is 0.357. The normalized spacial score (nSPS) is 10.8. The van der Waals surface area contributed by atoms with E-state index in [0.717, 1.165) is 10.9 Å². The fourth-order valence-electron chi connectivity index (χ4n) is 3.19. The second-order valence-corrected chi connectivity index (χ2v) is 7.07. The van der Waals surface area contributed by atoms with Crippen LogP contribution in [0, 0.1) is 0 Å². The standard InChI is InChI=1S/C24H19ClO5/c1-27-18-8-9-22(28-2)20(12-18)21-11-16-6-7-19(13-23(16)30-24(21)26)29-14-15-4-3-5-17(25)10-15/h3-13H,14H2,1-2H3. The van der Waals surface area contributed by atoms with Crippen molar-refractivity contribution in [3.63, 3.8) is 0 Å². The van der Waals surface area contributed by atoms with E-state index in [1.165, 1.54) is 0 Å². The number of benzene rings is 3. The Hall–Kier alpha value is -3.44. The first-order valence-electron chi connectivity index (χ1n) is 9.25. The van der Waals surface area contributed by atoms with Gasteiger partial charge in [-0.25, -0.2) is 4.79 Å². The highest BCUT2D eigenvalue weighted by Gasteiger charge is 2.14. The second-order valence-electron chi connectivity index (χ2n) is 6.63. The second kappa shape index (κ2) is 8.51. The molecule has 0 amide bonds. The van der Waals surface area contributed by atoms with Crippen LogP contribution in [0.15, 0.2) is 75.9 Å². The van der Waals surface area contributed by atoms with Gasteiger partial charge in [-0.05, 0) is 54.1 Å². The lowest BCUT2D eigenvalue weighted by Crippen LogP contribution is -2.04. The Morgan fingerprint density at radius 2 is 1.70 bits per heavy atom. The van der Waals surface area contributed by atoms with Crippen LogP contribution >= 0.6 is 11.6 Å². The summed E-state index contributed by atoms with van der Waals surface area (Å²) in [5.41, 5.74) is 1.92. The third-order valence-electron chi connectivity index (χ3n) is 4.70. The average molecular weight is 423 g/mol. The van der Waals surface area contributed by atoms with Gasteiger partial charge in [0, 0.05) is 22.0 Å². The van der Waals surface area contributed by atoms with Crippen LogP contribution in [0.4, 0.5) is 0 Å². The van der Waals surface area contributed by atoms with Gasteiger partial charge in [0.25, 0.3) is 0 Å². The minimum atomic E-state index is -0.471. The Labute approximate surface area is 178 Å². The van der Waals surface area contributed by atoms with Gasteiger partial charge in [0.2, 0.25) is 0 Å². The first-order chi connectivity index (χ1) is 14.6. The molecule has 152 valence electrons. The Balaban J connectivity index is 1.67. The van der Waals surface area contributed by atoms with E-state index < -0.39 is 5.63 Å². The van der Waals surface area contributed by atoms with Crippen molar-refractivity contribution in [3.05, 3.63) is 87.7 Å². The maximum absolute atomic E-state index is 12.7. The van der Waals surface area contributed by atoms with Crippen molar-refractivity contribution < 1.29 is 18.6 Å². The number of fused-ring (bicyclic) bond motifs is 1. The van der Waals surface area contributed by atoms with E-state index >= 15 is 0 Å². The summed E-state index contributed by atoms with van der Waals surface area (Å²) >= 11 is 6.01. The Kier molecular flexibility index (Phi) is 5.63. The van der Waals surface area contributed by atoms with Gasteiger partial charge in [0.1, 0.15) is 29.4 Å².